The molecule has 0 spiro atoms. The minimum atomic E-state index is -0.641. The molecule has 1 amide bonds. The zero-order chi connectivity index (χ0) is 16.7. The first-order chi connectivity index (χ1) is 10.3. The van der Waals surface area contributed by atoms with E-state index in [1.165, 1.54) is 0 Å². The molecule has 0 aromatic heterocycles. The number of halogens is 2. The average molecular weight is 346 g/mol. The highest BCUT2D eigenvalue weighted by atomic mass is 35.5. The van der Waals surface area contributed by atoms with Gasteiger partial charge in [-0.25, -0.2) is 4.79 Å². The maximum absolute atomic E-state index is 12.1. The summed E-state index contributed by atoms with van der Waals surface area (Å²) in [5.74, 6) is -0.436. The first-order valence-electron chi connectivity index (χ1n) is 7.23. The third kappa shape index (κ3) is 6.24. The topological polar surface area (TPSA) is 55.4 Å². The number of rotatable bonds is 7. The molecule has 1 aromatic carbocycles. The molecule has 0 aliphatic carbocycles. The molecule has 1 rings (SSSR count). The summed E-state index contributed by atoms with van der Waals surface area (Å²) in [4.78, 5) is 23.9. The van der Waals surface area contributed by atoms with E-state index in [1.54, 1.807) is 18.2 Å². The van der Waals surface area contributed by atoms with Crippen molar-refractivity contribution >= 4 is 35.1 Å². The van der Waals surface area contributed by atoms with Gasteiger partial charge in [-0.05, 0) is 30.0 Å². The van der Waals surface area contributed by atoms with Crippen molar-refractivity contribution in [3.05, 3.63) is 33.8 Å². The van der Waals surface area contributed by atoms with Gasteiger partial charge in [0.1, 0.15) is 6.04 Å². The van der Waals surface area contributed by atoms with Crippen molar-refractivity contribution in [3.8, 4) is 0 Å². The molecule has 1 unspecified atom stereocenters. The lowest BCUT2D eigenvalue weighted by Gasteiger charge is -2.17. The van der Waals surface area contributed by atoms with Crippen molar-refractivity contribution in [1.82, 2.24) is 5.32 Å². The van der Waals surface area contributed by atoms with E-state index in [4.69, 9.17) is 27.9 Å². The molecule has 1 N–H and O–H groups in total. The molecule has 0 saturated carbocycles. The fourth-order valence-electron chi connectivity index (χ4n) is 1.76. The Labute approximate surface area is 141 Å². The van der Waals surface area contributed by atoms with Crippen LogP contribution < -0.4 is 5.32 Å². The number of hydrogen-bond donors (Lipinski definition) is 1. The fraction of sp³-hybridized carbons (Fsp3) is 0.500. The molecular weight excluding hydrogens is 325 g/mol. The third-order valence-corrected chi connectivity index (χ3v) is 3.54. The van der Waals surface area contributed by atoms with Crippen LogP contribution in [0.1, 0.15) is 32.8 Å². The van der Waals surface area contributed by atoms with Crippen LogP contribution in [-0.4, -0.2) is 24.5 Å². The van der Waals surface area contributed by atoms with Gasteiger partial charge in [-0.2, -0.15) is 0 Å². The van der Waals surface area contributed by atoms with Crippen molar-refractivity contribution in [2.75, 3.05) is 6.61 Å². The van der Waals surface area contributed by atoms with E-state index >= 15 is 0 Å². The molecule has 1 aromatic rings. The molecule has 6 heteroatoms. The van der Waals surface area contributed by atoms with Gasteiger partial charge in [0.05, 0.1) is 13.0 Å². The van der Waals surface area contributed by atoms with Gasteiger partial charge in [0, 0.05) is 10.0 Å². The minimum Gasteiger partial charge on any atom is -0.464 e. The predicted molar refractivity (Wildman–Crippen MR) is 88.2 cm³/mol. The Bertz CT molecular complexity index is 532. The van der Waals surface area contributed by atoms with E-state index in [2.05, 4.69) is 5.32 Å². The van der Waals surface area contributed by atoms with Crippen molar-refractivity contribution in [2.24, 2.45) is 5.92 Å². The van der Waals surface area contributed by atoms with Gasteiger partial charge in [0.15, 0.2) is 0 Å². The minimum absolute atomic E-state index is 0.0873. The van der Waals surface area contributed by atoms with E-state index in [1.807, 2.05) is 20.8 Å². The number of amides is 1. The van der Waals surface area contributed by atoms with E-state index in [9.17, 15) is 9.59 Å². The number of benzene rings is 1. The van der Waals surface area contributed by atoms with Crippen LogP contribution in [0.5, 0.6) is 0 Å². The number of ether oxygens (including phenoxy) is 1. The summed E-state index contributed by atoms with van der Waals surface area (Å²) in [7, 11) is 0. The highest BCUT2D eigenvalue weighted by Crippen LogP contribution is 2.21. The number of hydrogen-bond acceptors (Lipinski definition) is 3. The molecule has 1 atom stereocenters. The largest absolute Gasteiger partial charge is 0.464 e. The SMILES string of the molecule is CCC(NC(=O)Cc1ccc(Cl)cc1Cl)C(=O)OCC(C)C. The number of carbonyl (C=O) groups is 2. The standard InChI is InChI=1S/C16H21Cl2NO3/c1-4-14(16(21)22-9-10(2)3)19-15(20)7-11-5-6-12(17)8-13(11)18/h5-6,8,10,14H,4,7,9H2,1-3H3,(H,19,20). The number of carbonyl (C=O) groups excluding carboxylic acids is 2. The second-order valence-electron chi connectivity index (χ2n) is 5.46. The van der Waals surface area contributed by atoms with E-state index in [0.717, 1.165) is 0 Å². The zero-order valence-electron chi connectivity index (χ0n) is 13.0. The van der Waals surface area contributed by atoms with Gasteiger partial charge in [0.2, 0.25) is 5.91 Å². The van der Waals surface area contributed by atoms with E-state index in [-0.39, 0.29) is 18.2 Å². The first kappa shape index (κ1) is 18.8. The lowest BCUT2D eigenvalue weighted by atomic mass is 10.1. The van der Waals surface area contributed by atoms with Crippen LogP contribution in [0.25, 0.3) is 0 Å². The average Bonchev–Trinajstić information content (AvgIpc) is 2.45. The van der Waals surface area contributed by atoms with Crippen LogP contribution in [0.3, 0.4) is 0 Å². The fourth-order valence-corrected chi connectivity index (χ4v) is 2.24. The highest BCUT2D eigenvalue weighted by molar-refractivity contribution is 6.35. The molecule has 4 nitrogen and oxygen atoms in total. The molecule has 0 heterocycles. The molecule has 0 fully saturated rings. The van der Waals surface area contributed by atoms with Crippen molar-refractivity contribution < 1.29 is 14.3 Å². The summed E-state index contributed by atoms with van der Waals surface area (Å²) in [5, 5.41) is 3.62. The molecule has 22 heavy (non-hydrogen) atoms. The maximum atomic E-state index is 12.1. The monoisotopic (exact) mass is 345 g/mol. The molecule has 0 saturated heterocycles. The molecule has 0 bridgehead atoms. The summed E-state index contributed by atoms with van der Waals surface area (Å²) in [6, 6.07) is 4.31. The molecule has 0 radical (unpaired) electrons. The highest BCUT2D eigenvalue weighted by Gasteiger charge is 2.21. The van der Waals surface area contributed by atoms with Crippen molar-refractivity contribution in [3.63, 3.8) is 0 Å². The van der Waals surface area contributed by atoms with Crippen LogP contribution in [0.2, 0.25) is 10.0 Å². The quantitative estimate of drug-likeness (QED) is 0.767. The summed E-state index contributed by atoms with van der Waals surface area (Å²) in [6.07, 6.45) is 0.557. The van der Waals surface area contributed by atoms with Gasteiger partial charge in [0.25, 0.3) is 0 Å². The second kappa shape index (κ2) is 9.01. The molecule has 0 aliphatic heterocycles. The van der Waals surface area contributed by atoms with Crippen LogP contribution in [0.15, 0.2) is 18.2 Å². The van der Waals surface area contributed by atoms with E-state index < -0.39 is 12.0 Å². The summed E-state index contributed by atoms with van der Waals surface area (Å²) in [6.45, 7) is 6.07. The second-order valence-corrected chi connectivity index (χ2v) is 6.31. The Hall–Kier alpha value is -1.26. The van der Waals surface area contributed by atoms with Crippen LogP contribution in [-0.2, 0) is 20.7 Å². The van der Waals surface area contributed by atoms with E-state index in [0.29, 0.717) is 28.6 Å². The van der Waals surface area contributed by atoms with Gasteiger partial charge >= 0.3 is 5.97 Å². The summed E-state index contributed by atoms with van der Waals surface area (Å²) in [5.41, 5.74) is 0.661. The Kier molecular flexibility index (Phi) is 7.69. The van der Waals surface area contributed by atoms with Crippen molar-refractivity contribution in [2.45, 2.75) is 39.7 Å². The Morgan fingerprint density at radius 1 is 1.27 bits per heavy atom. The maximum Gasteiger partial charge on any atom is 0.328 e. The summed E-state index contributed by atoms with van der Waals surface area (Å²) < 4.78 is 5.15. The summed E-state index contributed by atoms with van der Waals surface area (Å²) >= 11 is 11.9. The third-order valence-electron chi connectivity index (χ3n) is 2.95. The normalized spacial score (nSPS) is 12.1. The Balaban J connectivity index is 2.59. The lowest BCUT2D eigenvalue weighted by Crippen LogP contribution is -2.42. The number of esters is 1. The van der Waals surface area contributed by atoms with Crippen LogP contribution in [0, 0.1) is 5.92 Å². The lowest BCUT2D eigenvalue weighted by molar-refractivity contribution is -0.149. The van der Waals surface area contributed by atoms with Gasteiger partial charge in [-0.1, -0.05) is 50.0 Å². The number of nitrogens with one attached hydrogen (secondary N) is 1. The molecule has 0 aliphatic rings. The van der Waals surface area contributed by atoms with Crippen LogP contribution >= 0.6 is 23.2 Å². The van der Waals surface area contributed by atoms with Gasteiger partial charge in [-0.15, -0.1) is 0 Å². The Morgan fingerprint density at radius 3 is 2.50 bits per heavy atom. The first-order valence-corrected chi connectivity index (χ1v) is 7.99. The van der Waals surface area contributed by atoms with Crippen LogP contribution in [0.4, 0.5) is 0 Å². The predicted octanol–water partition coefficient (Wildman–Crippen LogP) is 3.63. The molecular formula is C16H21Cl2NO3. The Morgan fingerprint density at radius 2 is 1.95 bits per heavy atom. The smallest absolute Gasteiger partial charge is 0.328 e. The van der Waals surface area contributed by atoms with Gasteiger partial charge < -0.3 is 10.1 Å². The molecule has 122 valence electrons. The van der Waals surface area contributed by atoms with Crippen molar-refractivity contribution in [1.29, 1.82) is 0 Å². The zero-order valence-corrected chi connectivity index (χ0v) is 14.5. The van der Waals surface area contributed by atoms with Gasteiger partial charge in [-0.3, -0.25) is 4.79 Å².